The summed E-state index contributed by atoms with van der Waals surface area (Å²) in [7, 11) is 0. The molecule has 3 atom stereocenters. The van der Waals surface area contributed by atoms with E-state index >= 15 is 0 Å². The highest BCUT2D eigenvalue weighted by molar-refractivity contribution is 8.02. The van der Waals surface area contributed by atoms with Crippen LogP contribution in [0.1, 0.15) is 141 Å². The van der Waals surface area contributed by atoms with Crippen molar-refractivity contribution in [3.63, 3.8) is 0 Å². The molecule has 3 unspecified atom stereocenters. The molecule has 0 radical (unpaired) electrons. The molecule has 0 aliphatic carbocycles. The summed E-state index contributed by atoms with van der Waals surface area (Å²) >= 11 is 4.62. The first-order valence-electron chi connectivity index (χ1n) is 19.7. The van der Waals surface area contributed by atoms with Crippen molar-refractivity contribution in [1.29, 1.82) is 0 Å². The van der Waals surface area contributed by atoms with Gasteiger partial charge in [0.15, 0.2) is 0 Å². The third-order valence-electron chi connectivity index (χ3n) is 9.44. The van der Waals surface area contributed by atoms with E-state index in [-0.39, 0.29) is 53.7 Å². The first-order chi connectivity index (χ1) is 25.2. The van der Waals surface area contributed by atoms with Gasteiger partial charge in [-0.2, -0.15) is 0 Å². The molecule has 54 heavy (non-hydrogen) atoms. The van der Waals surface area contributed by atoms with Crippen LogP contribution in [0.3, 0.4) is 0 Å². The number of ether oxygens (including phenoxy) is 3. The van der Waals surface area contributed by atoms with Gasteiger partial charge < -0.3 is 14.2 Å². The van der Waals surface area contributed by atoms with Crippen molar-refractivity contribution in [2.24, 2.45) is 0 Å². The summed E-state index contributed by atoms with van der Waals surface area (Å²) < 4.78 is 18.9. The number of nitrogens with zero attached hydrogens (tertiary/aromatic N) is 3. The minimum absolute atomic E-state index is 0.144. The Kier molecular flexibility index (Phi) is 22.0. The van der Waals surface area contributed by atoms with Crippen LogP contribution in [0, 0.1) is 0 Å². The highest BCUT2D eigenvalue weighted by atomic mass is 32.2. The Morgan fingerprint density at radius 1 is 0.481 bits per heavy atom. The number of rotatable bonds is 27. The molecule has 0 saturated heterocycles. The monoisotopic (exact) mass is 819 g/mol. The Morgan fingerprint density at radius 3 is 0.889 bits per heavy atom. The van der Waals surface area contributed by atoms with Gasteiger partial charge in [0.05, 0.1) is 19.6 Å². The Morgan fingerprint density at radius 2 is 0.704 bits per heavy atom. The average molecular weight is 820 g/mol. The molecule has 1 aromatic heterocycles. The zero-order valence-electron chi connectivity index (χ0n) is 35.1. The molecule has 312 valence electrons. The maximum Gasteiger partial charge on any atom is 0.336 e. The van der Waals surface area contributed by atoms with Gasteiger partial charge in [-0.3, -0.25) is 14.4 Å². The van der Waals surface area contributed by atoms with Crippen molar-refractivity contribution in [1.82, 2.24) is 13.7 Å². The number of esters is 3. The van der Waals surface area contributed by atoms with E-state index in [2.05, 4.69) is 62.3 Å². The lowest BCUT2D eigenvalue weighted by atomic mass is 10.1. The molecule has 15 heteroatoms. The fourth-order valence-corrected chi connectivity index (χ4v) is 9.48. The molecule has 0 amide bonds. The van der Waals surface area contributed by atoms with Crippen LogP contribution in [-0.4, -0.2) is 81.4 Å². The largest absolute Gasteiger partial charge is 0.463 e. The number of carbonyl (C=O) groups is 3. The van der Waals surface area contributed by atoms with E-state index in [0.717, 1.165) is 52.2 Å². The van der Waals surface area contributed by atoms with Gasteiger partial charge in [0, 0.05) is 14.2 Å². The zero-order chi connectivity index (χ0) is 41.3. The lowest BCUT2D eigenvalue weighted by Gasteiger charge is -2.27. The fraction of sp³-hybridized carbons (Fsp3) is 0.846. The fourth-order valence-electron chi connectivity index (χ4n) is 5.11. The average Bonchev–Trinajstić information content (AvgIpc) is 3.11. The van der Waals surface area contributed by atoms with Crippen LogP contribution in [0.15, 0.2) is 14.4 Å². The smallest absolute Gasteiger partial charge is 0.336 e. The maximum absolute atomic E-state index is 13.7. The SMILES string of the molecule is CCCC(SC(C)(C)CC)C(=O)OCCn1c(=O)n(CCOC(=O)C(CCC)SC(C)(C)CC)c(=O)n(CCOC(=O)C(CCC)SC(C)(C)CC)c1=O. The zero-order valence-corrected chi connectivity index (χ0v) is 37.5. The van der Waals surface area contributed by atoms with E-state index in [0.29, 0.717) is 19.3 Å². The van der Waals surface area contributed by atoms with Gasteiger partial charge >= 0.3 is 35.0 Å². The Bertz CT molecular complexity index is 1310. The maximum atomic E-state index is 13.7. The summed E-state index contributed by atoms with van der Waals surface area (Å²) in [6.45, 7) is 22.8. The topological polar surface area (TPSA) is 145 Å². The van der Waals surface area contributed by atoms with E-state index in [4.69, 9.17) is 14.2 Å². The lowest BCUT2D eigenvalue weighted by Crippen LogP contribution is -2.55. The van der Waals surface area contributed by atoms with Crippen molar-refractivity contribution in [3.05, 3.63) is 31.5 Å². The summed E-state index contributed by atoms with van der Waals surface area (Å²) in [5.41, 5.74) is -2.74. The molecule has 1 heterocycles. The summed E-state index contributed by atoms with van der Waals surface area (Å²) in [6.07, 6.45) is 6.75. The van der Waals surface area contributed by atoms with Crippen molar-refractivity contribution >= 4 is 53.2 Å². The molecule has 0 saturated carbocycles. The van der Waals surface area contributed by atoms with Crippen molar-refractivity contribution in [2.45, 2.75) is 190 Å². The van der Waals surface area contributed by atoms with E-state index in [1.807, 2.05) is 20.8 Å². The summed E-state index contributed by atoms with van der Waals surface area (Å²) in [5.74, 6) is -1.29. The number of carbonyl (C=O) groups excluding carboxylic acids is 3. The van der Waals surface area contributed by atoms with Gasteiger partial charge in [0.25, 0.3) is 0 Å². The van der Waals surface area contributed by atoms with Crippen LogP contribution in [0.4, 0.5) is 0 Å². The second-order valence-corrected chi connectivity index (χ2v) is 21.1. The van der Waals surface area contributed by atoms with E-state index < -0.39 is 50.7 Å². The van der Waals surface area contributed by atoms with Crippen LogP contribution >= 0.6 is 35.3 Å². The minimum Gasteiger partial charge on any atom is -0.463 e. The molecule has 0 aliphatic heterocycles. The molecule has 0 aromatic carbocycles. The van der Waals surface area contributed by atoms with Gasteiger partial charge in [-0.1, -0.05) is 102 Å². The first-order valence-corrected chi connectivity index (χ1v) is 22.3. The predicted octanol–water partition coefficient (Wildman–Crippen LogP) is 7.07. The molecule has 12 nitrogen and oxygen atoms in total. The summed E-state index contributed by atoms with van der Waals surface area (Å²) in [5, 5.41) is -1.23. The van der Waals surface area contributed by atoms with Crippen molar-refractivity contribution in [2.75, 3.05) is 19.8 Å². The predicted molar refractivity (Wildman–Crippen MR) is 224 cm³/mol. The van der Waals surface area contributed by atoms with Gasteiger partial charge in [-0.15, -0.1) is 35.3 Å². The second kappa shape index (κ2) is 23.8. The van der Waals surface area contributed by atoms with E-state index in [9.17, 15) is 28.8 Å². The van der Waals surface area contributed by atoms with Crippen molar-refractivity contribution < 1.29 is 28.6 Å². The molecule has 0 bridgehead atoms. The standard InChI is InChI=1S/C39H69N3O9S3/c1-13-19-28(52-37(7,8)16-4)31(43)49-25-22-40-34(46)41(23-26-50-32(44)29(20-14-2)53-38(9,10)17-5)36(48)42(35(40)47)24-27-51-33(45)30(21-15-3)54-39(11,12)18-6/h28-30H,13-27H2,1-12H3. The highest BCUT2D eigenvalue weighted by Gasteiger charge is 2.31. The molecule has 1 rings (SSSR count). The number of thioether (sulfide) groups is 3. The molecule has 0 fully saturated rings. The van der Waals surface area contributed by atoms with Gasteiger partial charge in [0.2, 0.25) is 0 Å². The number of hydrogen-bond acceptors (Lipinski definition) is 12. The van der Waals surface area contributed by atoms with Gasteiger partial charge in [-0.05, 0) is 38.5 Å². The Labute approximate surface area is 336 Å². The highest BCUT2D eigenvalue weighted by Crippen LogP contribution is 2.36. The van der Waals surface area contributed by atoms with Crippen LogP contribution < -0.4 is 17.1 Å². The summed E-state index contributed by atoms with van der Waals surface area (Å²) in [4.78, 5) is 80.4. The van der Waals surface area contributed by atoms with Crippen LogP contribution in [0.2, 0.25) is 0 Å². The molecule has 0 spiro atoms. The number of hydrogen-bond donors (Lipinski definition) is 0. The molecule has 0 aliphatic rings. The van der Waals surface area contributed by atoms with Gasteiger partial charge in [-0.25, -0.2) is 28.1 Å². The lowest BCUT2D eigenvalue weighted by molar-refractivity contribution is -0.144. The molecule has 0 N–H and O–H groups in total. The third kappa shape index (κ3) is 16.5. The van der Waals surface area contributed by atoms with Crippen molar-refractivity contribution in [3.8, 4) is 0 Å². The second-order valence-electron chi connectivity index (χ2n) is 15.3. The van der Waals surface area contributed by atoms with Crippen LogP contribution in [0.5, 0.6) is 0 Å². The van der Waals surface area contributed by atoms with Crippen LogP contribution in [0.25, 0.3) is 0 Å². The number of aromatic nitrogens is 3. The van der Waals surface area contributed by atoms with Crippen LogP contribution in [-0.2, 0) is 48.2 Å². The molecular weight excluding hydrogens is 751 g/mol. The molecular formula is C39H69N3O9S3. The Balaban J connectivity index is 3.39. The van der Waals surface area contributed by atoms with E-state index in [1.54, 1.807) is 0 Å². The first kappa shape index (κ1) is 49.9. The third-order valence-corrected chi connectivity index (χ3v) is 14.4. The Hall–Kier alpha value is -2.13. The molecule has 1 aromatic rings. The summed E-state index contributed by atoms with van der Waals surface area (Å²) in [6, 6.07) is 0. The quantitative estimate of drug-likeness (QED) is 0.0661. The minimum atomic E-state index is -0.912. The van der Waals surface area contributed by atoms with Gasteiger partial charge in [0.1, 0.15) is 35.6 Å². The van der Waals surface area contributed by atoms with E-state index in [1.165, 1.54) is 35.3 Å². The normalized spacial score (nSPS) is 14.0.